The van der Waals surface area contributed by atoms with Gasteiger partial charge >= 0.3 is 5.97 Å². The summed E-state index contributed by atoms with van der Waals surface area (Å²) in [6.07, 6.45) is 3.74. The van der Waals surface area contributed by atoms with Crippen molar-refractivity contribution in [3.63, 3.8) is 0 Å². The van der Waals surface area contributed by atoms with Crippen LogP contribution in [0.2, 0.25) is 10.0 Å². The van der Waals surface area contributed by atoms with E-state index in [2.05, 4.69) is 31.8 Å². The number of guanidine groups is 1. The first-order valence-electron chi connectivity index (χ1n) is 24.4. The van der Waals surface area contributed by atoms with Gasteiger partial charge in [0.1, 0.15) is 59.6 Å². The molecule has 74 heavy (non-hydrogen) atoms. The van der Waals surface area contributed by atoms with Gasteiger partial charge in [0.25, 0.3) is 0 Å². The molecule has 0 aliphatic carbocycles. The molecule has 0 saturated carbocycles. The van der Waals surface area contributed by atoms with Gasteiger partial charge in [-0.3, -0.25) is 10.3 Å². The Morgan fingerprint density at radius 3 is 2.51 bits per heavy atom. The smallest absolute Gasteiger partial charge is 0.345 e. The van der Waals surface area contributed by atoms with Gasteiger partial charge in [-0.1, -0.05) is 35.3 Å². The van der Waals surface area contributed by atoms with E-state index in [1.165, 1.54) is 42.9 Å². The molecule has 0 spiro atoms. The second kappa shape index (κ2) is 24.9. The average Bonchev–Trinajstić information content (AvgIpc) is 3.77. The van der Waals surface area contributed by atoms with E-state index in [0.717, 1.165) is 26.2 Å². The maximum Gasteiger partial charge on any atom is 0.345 e. The number of piperazine rings is 1. The van der Waals surface area contributed by atoms with Gasteiger partial charge in [0, 0.05) is 81.4 Å². The Labute approximate surface area is 443 Å². The van der Waals surface area contributed by atoms with Gasteiger partial charge in [0.2, 0.25) is 17.9 Å². The predicted octanol–water partition coefficient (Wildman–Crippen LogP) is 8.97. The highest BCUT2D eigenvalue weighted by Gasteiger charge is 2.33. The predicted molar refractivity (Wildman–Crippen MR) is 283 cm³/mol. The number of hydrogen-bond acceptors (Lipinski definition) is 14. The standard InChI is InChI=1S/C53H61Cl2F2N7O9S/c1-32-42-33(2)46(55)47(45(32)54)72-38(26-64-19-17-62(4)18-20-64)29-71-37-12-13-40(70-21-7-6-15-59-52(58)63(5)16-14-53(3,57)30-68-28-39-27-67-22-23-69-39)35(24-37)25-41(51(65)66)73-49-44-43(42)48(74-50(44)61-31-60-49)34-8-10-36(56)11-9-34/h6-13,15,24,31,38-39,41,58H,14,16-23,25-30H2,1-5H3,(H,65,66)/b7-6+,58-52?,59-15-/t38?,39-,41+,53?/m0/s1. The Kier molecular flexibility index (Phi) is 18.4. The number of likely N-dealkylation sites (N-methyl/N-ethyl adjacent to an activating group) is 1. The van der Waals surface area contributed by atoms with Gasteiger partial charge in [-0.2, -0.15) is 0 Å². The van der Waals surface area contributed by atoms with E-state index >= 15 is 4.39 Å². The topological polar surface area (TPSA) is 174 Å². The molecular formula is C53H61Cl2F2N7O9S. The van der Waals surface area contributed by atoms with E-state index in [1.807, 2.05) is 13.8 Å². The fraction of sp³-hybridized carbons (Fsp3) is 0.453. The van der Waals surface area contributed by atoms with Crippen LogP contribution in [0.15, 0.2) is 65.9 Å². The molecule has 4 aliphatic heterocycles. The van der Waals surface area contributed by atoms with Crippen molar-refractivity contribution in [2.75, 3.05) is 99.6 Å². The average molecular weight is 1080 g/mol. The first-order chi connectivity index (χ1) is 35.5. The molecule has 0 radical (unpaired) electrons. The number of carboxylic acids is 1. The summed E-state index contributed by atoms with van der Waals surface area (Å²) in [5.74, 6) is -0.646. The first-order valence-corrected chi connectivity index (χ1v) is 25.9. The van der Waals surface area contributed by atoms with Crippen LogP contribution < -0.4 is 18.9 Å². The molecule has 2 unspecified atom stereocenters. The molecule has 2 saturated heterocycles. The number of allylic oxidation sites excluding steroid dienone is 1. The van der Waals surface area contributed by atoms with Gasteiger partial charge in [-0.15, -0.1) is 11.3 Å². The van der Waals surface area contributed by atoms with Crippen LogP contribution >= 0.6 is 34.5 Å². The number of ether oxygens (including phenoxy) is 7. The summed E-state index contributed by atoms with van der Waals surface area (Å²) in [5.41, 5.74) is 2.02. The number of nitrogens with zero attached hydrogens (tertiary/aromatic N) is 6. The SMILES string of the molecule is Cc1c(Cl)c2c(Cl)c(C)c1-c1c(-c3ccc(F)cc3)sc3ncnc(c13)O[C@@H](C(=O)O)Cc1cc(ccc1OC/C=C/C=N\C(=N)N(C)CCC(C)(F)COC[C@@H]1COCCO1)OCC(CN1CCN(C)CC1)O2. The summed E-state index contributed by atoms with van der Waals surface area (Å²) in [6.45, 7) is 11.0. The summed E-state index contributed by atoms with van der Waals surface area (Å²) in [5, 5.41) is 20.2. The van der Waals surface area contributed by atoms with E-state index in [0.29, 0.717) is 92.1 Å². The third kappa shape index (κ3) is 13.7. The van der Waals surface area contributed by atoms with Gasteiger partial charge in [0.05, 0.1) is 48.5 Å². The number of benzene rings is 3. The largest absolute Gasteiger partial charge is 0.490 e. The second-order valence-electron chi connectivity index (χ2n) is 18.8. The molecule has 2 N–H and O–H groups in total. The van der Waals surface area contributed by atoms with Gasteiger partial charge in [-0.05, 0) is 92.6 Å². The highest BCUT2D eigenvalue weighted by molar-refractivity contribution is 7.22. The number of carbonyl (C=O) groups is 1. The Morgan fingerprint density at radius 1 is 1.04 bits per heavy atom. The summed E-state index contributed by atoms with van der Waals surface area (Å²) in [4.78, 5) is 33.9. The molecule has 16 nitrogen and oxygen atoms in total. The summed E-state index contributed by atoms with van der Waals surface area (Å²) >= 11 is 15.9. The van der Waals surface area contributed by atoms with Crippen LogP contribution in [0, 0.1) is 25.1 Å². The molecule has 0 amide bonds. The number of aliphatic carboxylic acids is 1. The molecule has 4 aliphatic rings. The molecule has 6 heterocycles. The Bertz CT molecular complexity index is 2810. The minimum Gasteiger partial charge on any atom is -0.490 e. The number of aliphatic imine (C=N–C) groups is 1. The molecule has 4 bridgehead atoms. The highest BCUT2D eigenvalue weighted by Crippen LogP contribution is 2.53. The van der Waals surface area contributed by atoms with Gasteiger partial charge in [0.15, 0.2) is 5.75 Å². The zero-order valence-electron chi connectivity index (χ0n) is 42.0. The lowest BCUT2D eigenvalue weighted by Crippen LogP contribution is -2.49. The van der Waals surface area contributed by atoms with Crippen LogP contribution in [0.3, 0.4) is 0 Å². The molecule has 2 aromatic heterocycles. The third-order valence-electron chi connectivity index (χ3n) is 13.0. The third-order valence-corrected chi connectivity index (χ3v) is 15.1. The lowest BCUT2D eigenvalue weighted by molar-refractivity contribution is -0.145. The van der Waals surface area contributed by atoms with Crippen LogP contribution in [0.4, 0.5) is 8.78 Å². The molecule has 2 fully saturated rings. The quantitative estimate of drug-likeness (QED) is 0.0751. The fourth-order valence-corrected chi connectivity index (χ4v) is 10.5. The molecule has 9 rings (SSSR count). The zero-order chi connectivity index (χ0) is 52.5. The second-order valence-corrected chi connectivity index (χ2v) is 20.6. The lowest BCUT2D eigenvalue weighted by atomic mass is 9.92. The van der Waals surface area contributed by atoms with Gasteiger partial charge < -0.3 is 48.1 Å². The maximum atomic E-state index is 15.2. The molecular weight excluding hydrogens is 1020 g/mol. The summed E-state index contributed by atoms with van der Waals surface area (Å²) in [6, 6.07) is 11.2. The molecule has 3 aromatic carbocycles. The summed E-state index contributed by atoms with van der Waals surface area (Å²) < 4.78 is 72.1. The van der Waals surface area contributed by atoms with Crippen molar-refractivity contribution in [1.82, 2.24) is 24.7 Å². The van der Waals surface area contributed by atoms with Crippen LogP contribution in [0.25, 0.3) is 31.8 Å². The normalized spacial score (nSPS) is 19.7. The van der Waals surface area contributed by atoms with Crippen LogP contribution in [0.5, 0.6) is 23.1 Å². The molecule has 21 heteroatoms. The van der Waals surface area contributed by atoms with Crippen molar-refractivity contribution in [3.8, 4) is 44.7 Å². The minimum absolute atomic E-state index is 0.00212. The number of thiophene rings is 1. The van der Waals surface area contributed by atoms with E-state index in [9.17, 15) is 14.3 Å². The highest BCUT2D eigenvalue weighted by atomic mass is 35.5. The monoisotopic (exact) mass is 1080 g/mol. The Balaban J connectivity index is 1.06. The number of rotatable bonds is 15. The maximum absolute atomic E-state index is 15.2. The Morgan fingerprint density at radius 2 is 1.80 bits per heavy atom. The van der Waals surface area contributed by atoms with Crippen molar-refractivity contribution < 1.29 is 51.8 Å². The summed E-state index contributed by atoms with van der Waals surface area (Å²) in [7, 11) is 3.75. The van der Waals surface area contributed by atoms with Crippen LogP contribution in [-0.4, -0.2) is 172 Å². The number of hydrogen-bond donors (Lipinski definition) is 2. The molecule has 5 aromatic rings. The number of aromatic nitrogens is 2. The number of fused-ring (bicyclic) bond motifs is 7. The van der Waals surface area contributed by atoms with Gasteiger partial charge in [-0.25, -0.2) is 28.5 Å². The van der Waals surface area contributed by atoms with Crippen molar-refractivity contribution in [3.05, 3.63) is 93.5 Å². The van der Waals surface area contributed by atoms with E-state index in [1.54, 1.807) is 54.4 Å². The number of carboxylic acid groups (broad SMARTS) is 1. The number of nitrogens with one attached hydrogen (secondary N) is 1. The van der Waals surface area contributed by atoms with E-state index in [-0.39, 0.29) is 73.8 Å². The zero-order valence-corrected chi connectivity index (χ0v) is 44.3. The van der Waals surface area contributed by atoms with Crippen molar-refractivity contribution in [2.24, 2.45) is 4.99 Å². The van der Waals surface area contributed by atoms with Crippen LogP contribution in [-0.2, 0) is 25.4 Å². The van der Waals surface area contributed by atoms with Crippen molar-refractivity contribution >= 4 is 62.9 Å². The van der Waals surface area contributed by atoms with E-state index < -0.39 is 29.7 Å². The molecule has 396 valence electrons. The van der Waals surface area contributed by atoms with E-state index in [4.69, 9.17) is 61.8 Å². The van der Waals surface area contributed by atoms with Crippen molar-refractivity contribution in [1.29, 1.82) is 5.41 Å². The Hall–Kier alpha value is -5.51. The fourth-order valence-electron chi connectivity index (χ4n) is 8.79. The number of halogens is 4. The van der Waals surface area contributed by atoms with Crippen LogP contribution in [0.1, 0.15) is 30.0 Å². The lowest BCUT2D eigenvalue weighted by Gasteiger charge is -2.35. The minimum atomic E-state index is -1.62. The number of alkyl halides is 1. The first kappa shape index (κ1) is 54.7. The van der Waals surface area contributed by atoms with Crippen molar-refractivity contribution in [2.45, 2.75) is 57.6 Å². The molecule has 4 atom stereocenters.